The monoisotopic (exact) mass is 500 g/mol. The number of benzene rings is 2. The summed E-state index contributed by atoms with van der Waals surface area (Å²) in [5, 5.41) is 0.305. The largest absolute Gasteiger partial charge is 0.457 e. The second-order valence-electron chi connectivity index (χ2n) is 6.37. The van der Waals surface area contributed by atoms with Crippen LogP contribution in [0, 0.1) is 0 Å². The molecule has 1 aromatic heterocycles. The van der Waals surface area contributed by atoms with Gasteiger partial charge in [-0.25, -0.2) is 4.98 Å². The molecule has 2 aromatic carbocycles. The van der Waals surface area contributed by atoms with Crippen molar-refractivity contribution in [1.82, 2.24) is 9.55 Å². The average Bonchev–Trinajstić information content (AvgIpc) is 3.32. The van der Waals surface area contributed by atoms with Crippen molar-refractivity contribution in [2.24, 2.45) is 0 Å². The molecule has 30 heavy (non-hydrogen) atoms. The molecule has 10 heteroatoms. The maximum absolute atomic E-state index is 12.7. The predicted octanol–water partition coefficient (Wildman–Crippen LogP) is 6.48. The zero-order valence-electron chi connectivity index (χ0n) is 15.1. The number of rotatable bonds is 5. The fourth-order valence-corrected chi connectivity index (χ4v) is 3.60. The van der Waals surface area contributed by atoms with Crippen molar-refractivity contribution in [2.45, 2.75) is 18.5 Å². The summed E-state index contributed by atoms with van der Waals surface area (Å²) in [4.78, 5) is 4.05. The Labute approximate surface area is 182 Å². The van der Waals surface area contributed by atoms with Gasteiger partial charge in [-0.3, -0.25) is 0 Å². The van der Waals surface area contributed by atoms with Gasteiger partial charge in [0.2, 0.25) is 0 Å². The summed E-state index contributed by atoms with van der Waals surface area (Å²) in [6.45, 7) is 0.263. The lowest BCUT2D eigenvalue weighted by Crippen LogP contribution is -2.33. The first kappa shape index (κ1) is 20.6. The molecule has 2 heterocycles. The van der Waals surface area contributed by atoms with Crippen molar-refractivity contribution < 1.29 is 27.4 Å². The normalized spacial score (nSPS) is 15.0. The van der Waals surface area contributed by atoms with Crippen LogP contribution in [0.4, 0.5) is 13.2 Å². The Morgan fingerprint density at radius 1 is 1.07 bits per heavy atom. The number of halogens is 5. The third kappa shape index (κ3) is 4.13. The average molecular weight is 502 g/mol. The third-order valence-corrected chi connectivity index (χ3v) is 5.35. The van der Waals surface area contributed by atoms with Crippen molar-refractivity contribution in [2.75, 3.05) is 0 Å². The maximum atomic E-state index is 12.7. The van der Waals surface area contributed by atoms with Gasteiger partial charge in [0, 0.05) is 0 Å². The molecule has 0 saturated carbocycles. The van der Waals surface area contributed by atoms with Crippen LogP contribution in [0.2, 0.25) is 5.02 Å². The molecule has 5 nitrogen and oxygen atoms in total. The zero-order chi connectivity index (χ0) is 21.4. The topological polar surface area (TPSA) is 45.5 Å². The Morgan fingerprint density at radius 3 is 2.30 bits per heavy atom. The fourth-order valence-electron chi connectivity index (χ4n) is 2.95. The number of nitrogens with zero attached hydrogens (tertiary/aromatic N) is 2. The zero-order valence-corrected chi connectivity index (χ0v) is 17.4. The van der Waals surface area contributed by atoms with E-state index in [1.807, 2.05) is 0 Å². The molecule has 0 saturated heterocycles. The lowest BCUT2D eigenvalue weighted by molar-refractivity contribution is -0.161. The minimum absolute atomic E-state index is 0.249. The molecule has 3 aromatic rings. The number of aromatic nitrogens is 2. The molecule has 156 valence electrons. The van der Waals surface area contributed by atoms with Gasteiger partial charge in [0.05, 0.1) is 28.7 Å². The lowest BCUT2D eigenvalue weighted by atomic mass is 10.0. The quantitative estimate of drug-likeness (QED) is 0.401. The Morgan fingerprint density at radius 2 is 1.73 bits per heavy atom. The highest BCUT2D eigenvalue weighted by molar-refractivity contribution is 9.10. The van der Waals surface area contributed by atoms with Crippen molar-refractivity contribution in [3.8, 4) is 11.5 Å². The van der Waals surface area contributed by atoms with Crippen LogP contribution in [-0.4, -0.2) is 9.55 Å². The van der Waals surface area contributed by atoms with Crippen molar-refractivity contribution in [3.63, 3.8) is 0 Å². The van der Waals surface area contributed by atoms with Gasteiger partial charge in [0.25, 0.3) is 5.79 Å². The highest BCUT2D eigenvalue weighted by Gasteiger charge is 2.41. The Balaban J connectivity index is 1.57. The number of imidazole rings is 1. The van der Waals surface area contributed by atoms with Crippen LogP contribution < -0.4 is 4.74 Å². The smallest absolute Gasteiger partial charge is 0.416 e. The van der Waals surface area contributed by atoms with Crippen LogP contribution in [0.25, 0.3) is 0 Å². The van der Waals surface area contributed by atoms with Crippen LogP contribution in [0.1, 0.15) is 11.1 Å². The Bertz CT molecular complexity index is 1080. The van der Waals surface area contributed by atoms with Gasteiger partial charge in [-0.1, -0.05) is 11.6 Å². The highest BCUT2D eigenvalue weighted by Crippen LogP contribution is 2.40. The number of hydrogen-bond acceptors (Lipinski definition) is 4. The molecule has 0 spiro atoms. The van der Waals surface area contributed by atoms with Gasteiger partial charge in [0.15, 0.2) is 0 Å². The summed E-state index contributed by atoms with van der Waals surface area (Å²) in [6, 6.07) is 9.26. The molecule has 0 atom stereocenters. The first-order valence-electron chi connectivity index (χ1n) is 8.58. The molecule has 0 N–H and O–H groups in total. The predicted molar refractivity (Wildman–Crippen MR) is 106 cm³/mol. The van der Waals surface area contributed by atoms with Crippen molar-refractivity contribution >= 4 is 27.5 Å². The van der Waals surface area contributed by atoms with Crippen LogP contribution in [-0.2, 0) is 28.0 Å². The van der Waals surface area contributed by atoms with Gasteiger partial charge in [-0.15, -0.1) is 0 Å². The molecule has 1 aliphatic heterocycles. The molecule has 0 radical (unpaired) electrons. The molecule has 0 aliphatic carbocycles. The Hall–Kier alpha value is -2.65. The van der Waals surface area contributed by atoms with E-state index in [0.29, 0.717) is 16.3 Å². The van der Waals surface area contributed by atoms with E-state index in [4.69, 9.17) is 25.8 Å². The molecular formula is C20H13BrClF3N2O3. The second kappa shape index (κ2) is 7.88. The first-order chi connectivity index (χ1) is 14.3. The fraction of sp³-hybridized carbons (Fsp3) is 0.150. The SMILES string of the molecule is FC(F)(F)c1ccc(Oc2ccc(C3(Cn4cncc4Br)OC=CO3)c(Cl)c2)cc1. The molecule has 1 aliphatic rings. The summed E-state index contributed by atoms with van der Waals surface area (Å²) >= 11 is 9.88. The first-order valence-corrected chi connectivity index (χ1v) is 9.75. The van der Waals surface area contributed by atoms with Crippen LogP contribution >= 0.6 is 27.5 Å². The standard InChI is InChI=1S/C20H13BrClF3N2O3/c21-18-10-26-12-27(18)11-19(28-7-8-29-19)16-6-5-15(9-17(16)22)30-14-3-1-13(2-4-14)20(23,24)25/h1-10,12H,11H2. The van der Waals surface area contributed by atoms with Gasteiger partial charge >= 0.3 is 6.18 Å². The molecule has 0 fully saturated rings. The second-order valence-corrected chi connectivity index (χ2v) is 7.59. The van der Waals surface area contributed by atoms with E-state index in [1.165, 1.54) is 24.7 Å². The Kier molecular flexibility index (Phi) is 5.42. The van der Waals surface area contributed by atoms with E-state index in [9.17, 15) is 13.2 Å². The summed E-state index contributed by atoms with van der Waals surface area (Å²) < 4.78 is 57.7. The van der Waals surface area contributed by atoms with Crippen LogP contribution in [0.5, 0.6) is 11.5 Å². The minimum atomic E-state index is -4.41. The van der Waals surface area contributed by atoms with Crippen molar-refractivity contribution in [1.29, 1.82) is 0 Å². The molecular weight excluding hydrogens is 489 g/mol. The molecule has 0 bridgehead atoms. The highest BCUT2D eigenvalue weighted by atomic mass is 79.9. The molecule has 0 unspecified atom stereocenters. The minimum Gasteiger partial charge on any atom is -0.457 e. The number of ether oxygens (including phenoxy) is 3. The van der Waals surface area contributed by atoms with Crippen LogP contribution in [0.15, 0.2) is 72.1 Å². The summed E-state index contributed by atoms with van der Waals surface area (Å²) in [5.41, 5.74) is -0.201. The summed E-state index contributed by atoms with van der Waals surface area (Å²) in [5.74, 6) is -0.597. The van der Waals surface area contributed by atoms with E-state index < -0.39 is 17.5 Å². The number of hydrogen-bond donors (Lipinski definition) is 0. The number of alkyl halides is 3. The van der Waals surface area contributed by atoms with E-state index in [-0.39, 0.29) is 12.3 Å². The van der Waals surface area contributed by atoms with E-state index in [2.05, 4.69) is 20.9 Å². The third-order valence-electron chi connectivity index (χ3n) is 4.38. The van der Waals surface area contributed by atoms with E-state index in [0.717, 1.165) is 16.7 Å². The van der Waals surface area contributed by atoms with Gasteiger partial charge in [-0.2, -0.15) is 13.2 Å². The van der Waals surface area contributed by atoms with Crippen LogP contribution in [0.3, 0.4) is 0 Å². The van der Waals surface area contributed by atoms with Crippen molar-refractivity contribution in [3.05, 3.63) is 88.3 Å². The van der Waals surface area contributed by atoms with Gasteiger partial charge in [0.1, 0.15) is 35.2 Å². The van der Waals surface area contributed by atoms with E-state index in [1.54, 1.807) is 35.3 Å². The van der Waals surface area contributed by atoms with Gasteiger partial charge < -0.3 is 18.8 Å². The maximum Gasteiger partial charge on any atom is 0.416 e. The van der Waals surface area contributed by atoms with Gasteiger partial charge in [-0.05, 0) is 58.4 Å². The summed E-state index contributed by atoms with van der Waals surface area (Å²) in [6.07, 6.45) is 1.70. The summed E-state index contributed by atoms with van der Waals surface area (Å²) in [7, 11) is 0. The lowest BCUT2D eigenvalue weighted by Gasteiger charge is -2.29. The molecule has 4 rings (SSSR count). The van der Waals surface area contributed by atoms with E-state index >= 15 is 0 Å². The molecule has 0 amide bonds.